The largest absolute Gasteiger partial charge is 0.482 e. The molecule has 1 fully saturated rings. The summed E-state index contributed by atoms with van der Waals surface area (Å²) in [5.74, 6) is 0.163. The lowest BCUT2D eigenvalue weighted by atomic mass is 10.2. The van der Waals surface area contributed by atoms with E-state index in [9.17, 15) is 13.2 Å². The first-order chi connectivity index (χ1) is 15.9. The van der Waals surface area contributed by atoms with Crippen LogP contribution in [0.5, 0.6) is 5.75 Å². The monoisotopic (exact) mass is 491 g/mol. The van der Waals surface area contributed by atoms with Gasteiger partial charge in [-0.05, 0) is 30.2 Å². The Labute approximate surface area is 201 Å². The van der Waals surface area contributed by atoms with E-state index < -0.39 is 10.0 Å². The van der Waals surface area contributed by atoms with Gasteiger partial charge in [0.2, 0.25) is 10.0 Å². The van der Waals surface area contributed by atoms with Crippen molar-refractivity contribution in [3.63, 3.8) is 0 Å². The number of ether oxygens (including phenoxy) is 1. The van der Waals surface area contributed by atoms with E-state index in [0.29, 0.717) is 26.1 Å². The van der Waals surface area contributed by atoms with Crippen molar-refractivity contribution in [2.75, 3.05) is 45.9 Å². The highest BCUT2D eigenvalue weighted by Gasteiger charge is 2.21. The molecular formula is C24H30ClN3O4S. The summed E-state index contributed by atoms with van der Waals surface area (Å²) in [5, 5.41) is 0.150. The highest BCUT2D eigenvalue weighted by Crippen LogP contribution is 2.27. The van der Waals surface area contributed by atoms with Crippen LogP contribution in [0.2, 0.25) is 5.02 Å². The molecule has 0 radical (unpaired) electrons. The first-order valence-corrected chi connectivity index (χ1v) is 12.9. The second-order valence-electron chi connectivity index (χ2n) is 7.77. The third-order valence-corrected chi connectivity index (χ3v) is 7.06. The number of hydrogen-bond donors (Lipinski definition) is 1. The summed E-state index contributed by atoms with van der Waals surface area (Å²) in [5.41, 5.74) is 1.17. The van der Waals surface area contributed by atoms with E-state index in [0.717, 1.165) is 19.6 Å². The zero-order valence-electron chi connectivity index (χ0n) is 18.7. The molecule has 0 spiro atoms. The van der Waals surface area contributed by atoms with E-state index in [1.54, 1.807) is 4.90 Å². The number of carbonyl (C=O) groups excluding carboxylic acids is 1. The molecule has 1 heterocycles. The highest BCUT2D eigenvalue weighted by atomic mass is 35.5. The number of benzene rings is 2. The van der Waals surface area contributed by atoms with Crippen LogP contribution in [0.4, 0.5) is 0 Å². The van der Waals surface area contributed by atoms with Gasteiger partial charge in [-0.1, -0.05) is 61.0 Å². The van der Waals surface area contributed by atoms with Crippen LogP contribution in [0.3, 0.4) is 0 Å². The number of rotatable bonds is 10. The second kappa shape index (κ2) is 12.2. The fraction of sp³-hybridized carbons (Fsp3) is 0.375. The standard InChI is InChI=1S/C24H30ClN3O4S/c1-2-12-26-33(30,31)21-10-11-23(22(25)18-21)32-19-24(29)28-16-14-27(15-17-28)13-6-9-20-7-4-3-5-8-20/h3-11,18,26H,2,12-17,19H2,1H3/b9-6+. The highest BCUT2D eigenvalue weighted by molar-refractivity contribution is 7.89. The van der Waals surface area contributed by atoms with E-state index in [1.165, 1.54) is 23.8 Å². The van der Waals surface area contributed by atoms with Crippen LogP contribution in [0, 0.1) is 0 Å². The maximum absolute atomic E-state index is 12.6. The van der Waals surface area contributed by atoms with Gasteiger partial charge >= 0.3 is 0 Å². The molecule has 0 atom stereocenters. The van der Waals surface area contributed by atoms with Gasteiger partial charge in [-0.2, -0.15) is 0 Å². The summed E-state index contributed by atoms with van der Waals surface area (Å²) in [6, 6.07) is 14.4. The van der Waals surface area contributed by atoms with Crippen LogP contribution in [0.15, 0.2) is 59.5 Å². The molecule has 0 bridgehead atoms. The van der Waals surface area contributed by atoms with Gasteiger partial charge in [0.25, 0.3) is 5.91 Å². The predicted octanol–water partition coefficient (Wildman–Crippen LogP) is 3.26. The molecule has 0 aliphatic carbocycles. The second-order valence-corrected chi connectivity index (χ2v) is 9.95. The Morgan fingerprint density at radius 1 is 1.12 bits per heavy atom. The van der Waals surface area contributed by atoms with Crippen molar-refractivity contribution < 1.29 is 17.9 Å². The van der Waals surface area contributed by atoms with Gasteiger partial charge < -0.3 is 9.64 Å². The number of amides is 1. The average molecular weight is 492 g/mol. The zero-order valence-corrected chi connectivity index (χ0v) is 20.3. The Hall–Kier alpha value is -2.39. The lowest BCUT2D eigenvalue weighted by molar-refractivity contribution is -0.135. The molecule has 0 aromatic heterocycles. The topological polar surface area (TPSA) is 78.9 Å². The zero-order chi connectivity index (χ0) is 23.7. The maximum Gasteiger partial charge on any atom is 0.260 e. The Balaban J connectivity index is 1.44. The van der Waals surface area contributed by atoms with Crippen LogP contribution in [-0.4, -0.2) is 70.0 Å². The molecule has 7 nitrogen and oxygen atoms in total. The van der Waals surface area contributed by atoms with Crippen molar-refractivity contribution in [3.8, 4) is 5.75 Å². The van der Waals surface area contributed by atoms with E-state index in [1.807, 2.05) is 25.1 Å². The lowest BCUT2D eigenvalue weighted by Gasteiger charge is -2.34. The predicted molar refractivity (Wildman–Crippen MR) is 131 cm³/mol. The summed E-state index contributed by atoms with van der Waals surface area (Å²) < 4.78 is 32.5. The Kier molecular flexibility index (Phi) is 9.31. The van der Waals surface area contributed by atoms with Crippen LogP contribution < -0.4 is 9.46 Å². The van der Waals surface area contributed by atoms with Crippen molar-refractivity contribution in [2.24, 2.45) is 0 Å². The van der Waals surface area contributed by atoms with Crippen molar-refractivity contribution >= 4 is 33.6 Å². The molecule has 1 saturated heterocycles. The Morgan fingerprint density at radius 3 is 2.52 bits per heavy atom. The molecule has 33 heavy (non-hydrogen) atoms. The molecule has 2 aromatic rings. The van der Waals surface area contributed by atoms with Crippen LogP contribution in [-0.2, 0) is 14.8 Å². The summed E-state index contributed by atoms with van der Waals surface area (Å²) >= 11 is 6.20. The molecule has 1 N–H and O–H groups in total. The van der Waals surface area contributed by atoms with E-state index >= 15 is 0 Å². The fourth-order valence-corrected chi connectivity index (χ4v) is 4.86. The molecule has 0 unspecified atom stereocenters. The van der Waals surface area contributed by atoms with Crippen LogP contribution >= 0.6 is 11.6 Å². The first-order valence-electron chi connectivity index (χ1n) is 11.0. The van der Waals surface area contributed by atoms with Gasteiger partial charge in [0.1, 0.15) is 5.75 Å². The number of carbonyl (C=O) groups is 1. The number of piperazine rings is 1. The minimum absolute atomic E-state index is 0.0667. The lowest BCUT2D eigenvalue weighted by Crippen LogP contribution is -2.49. The molecule has 0 saturated carbocycles. The quantitative estimate of drug-likeness (QED) is 0.552. The van der Waals surface area contributed by atoms with Crippen molar-refractivity contribution in [2.45, 2.75) is 18.2 Å². The van der Waals surface area contributed by atoms with Crippen molar-refractivity contribution in [1.82, 2.24) is 14.5 Å². The van der Waals surface area contributed by atoms with Gasteiger partial charge in [-0.25, -0.2) is 13.1 Å². The van der Waals surface area contributed by atoms with Crippen LogP contribution in [0.1, 0.15) is 18.9 Å². The fourth-order valence-electron chi connectivity index (χ4n) is 3.40. The molecule has 178 valence electrons. The molecule has 9 heteroatoms. The number of sulfonamides is 1. The molecule has 1 aliphatic heterocycles. The van der Waals surface area contributed by atoms with Gasteiger partial charge in [-0.3, -0.25) is 9.69 Å². The molecular weight excluding hydrogens is 462 g/mol. The van der Waals surface area contributed by atoms with Crippen LogP contribution in [0.25, 0.3) is 6.08 Å². The first kappa shape index (κ1) is 25.2. The van der Waals surface area contributed by atoms with E-state index in [4.69, 9.17) is 16.3 Å². The average Bonchev–Trinajstić information content (AvgIpc) is 2.83. The molecule has 1 amide bonds. The van der Waals surface area contributed by atoms with E-state index in [2.05, 4.69) is 33.9 Å². The Bertz CT molecular complexity index is 1050. The number of hydrogen-bond acceptors (Lipinski definition) is 5. The maximum atomic E-state index is 12.6. The smallest absolute Gasteiger partial charge is 0.260 e. The molecule has 1 aliphatic rings. The summed E-state index contributed by atoms with van der Waals surface area (Å²) in [6.07, 6.45) is 4.93. The van der Waals surface area contributed by atoms with Gasteiger partial charge in [0, 0.05) is 39.3 Å². The minimum atomic E-state index is -3.61. The van der Waals surface area contributed by atoms with Gasteiger partial charge in [0.15, 0.2) is 6.61 Å². The third kappa shape index (κ3) is 7.57. The number of halogens is 1. The Morgan fingerprint density at radius 2 is 1.85 bits per heavy atom. The summed E-state index contributed by atoms with van der Waals surface area (Å²) in [4.78, 5) is 16.7. The van der Waals surface area contributed by atoms with Crippen molar-refractivity contribution in [3.05, 3.63) is 65.2 Å². The number of nitrogens with one attached hydrogen (secondary N) is 1. The SMILES string of the molecule is CCCNS(=O)(=O)c1ccc(OCC(=O)N2CCN(C/C=C/c3ccccc3)CC2)c(Cl)c1. The van der Waals surface area contributed by atoms with Gasteiger partial charge in [-0.15, -0.1) is 0 Å². The summed E-state index contributed by atoms with van der Waals surface area (Å²) in [7, 11) is -3.61. The number of nitrogens with zero attached hydrogens (tertiary/aromatic N) is 2. The third-order valence-electron chi connectivity index (χ3n) is 5.31. The molecule has 2 aromatic carbocycles. The molecule has 3 rings (SSSR count). The van der Waals surface area contributed by atoms with Gasteiger partial charge in [0.05, 0.1) is 9.92 Å². The van der Waals surface area contributed by atoms with Crippen molar-refractivity contribution in [1.29, 1.82) is 0 Å². The van der Waals surface area contributed by atoms with E-state index in [-0.39, 0.29) is 28.2 Å². The summed E-state index contributed by atoms with van der Waals surface area (Å²) in [6.45, 7) is 5.78. The normalized spacial score (nSPS) is 15.2. The minimum Gasteiger partial charge on any atom is -0.482 e.